The number of anilines is 2. The van der Waals surface area contributed by atoms with E-state index in [2.05, 4.69) is 33.7 Å². The van der Waals surface area contributed by atoms with Gasteiger partial charge < -0.3 is 15.4 Å². The number of hydrogen-bond acceptors (Lipinski definition) is 6. The third-order valence-corrected chi connectivity index (χ3v) is 3.20. The molecule has 94 valence electrons. The summed E-state index contributed by atoms with van der Waals surface area (Å²) in [4.78, 5) is 14.4. The number of aromatic nitrogens is 3. The fourth-order valence-corrected chi connectivity index (χ4v) is 1.91. The summed E-state index contributed by atoms with van der Waals surface area (Å²) < 4.78 is 5.00. The fourth-order valence-electron chi connectivity index (χ4n) is 1.91. The zero-order valence-corrected chi connectivity index (χ0v) is 10.6. The van der Waals surface area contributed by atoms with Crippen LogP contribution in [0.2, 0.25) is 0 Å². The quantitative estimate of drug-likeness (QED) is 0.829. The lowest BCUT2D eigenvalue weighted by atomic mass is 9.83. The Kier molecular flexibility index (Phi) is 3.04. The van der Waals surface area contributed by atoms with Crippen LogP contribution in [0.1, 0.15) is 26.7 Å². The van der Waals surface area contributed by atoms with Crippen LogP contribution in [-0.4, -0.2) is 35.2 Å². The largest absolute Gasteiger partial charge is 0.467 e. The molecule has 1 fully saturated rings. The van der Waals surface area contributed by atoms with Gasteiger partial charge >= 0.3 is 6.01 Å². The first-order valence-corrected chi connectivity index (χ1v) is 5.81. The van der Waals surface area contributed by atoms with Gasteiger partial charge in [-0.3, -0.25) is 0 Å². The van der Waals surface area contributed by atoms with Gasteiger partial charge in [0.05, 0.1) is 7.11 Å². The monoisotopic (exact) mass is 237 g/mol. The average molecular weight is 237 g/mol. The maximum absolute atomic E-state index is 5.63. The van der Waals surface area contributed by atoms with E-state index >= 15 is 0 Å². The maximum Gasteiger partial charge on any atom is 0.322 e. The van der Waals surface area contributed by atoms with Crippen molar-refractivity contribution in [2.24, 2.45) is 5.41 Å². The van der Waals surface area contributed by atoms with Crippen LogP contribution in [-0.2, 0) is 0 Å². The molecule has 0 atom stereocenters. The molecule has 2 N–H and O–H groups in total. The van der Waals surface area contributed by atoms with Crippen LogP contribution in [0.25, 0.3) is 0 Å². The van der Waals surface area contributed by atoms with Gasteiger partial charge in [-0.05, 0) is 18.3 Å². The zero-order chi connectivity index (χ0) is 12.5. The van der Waals surface area contributed by atoms with Gasteiger partial charge in [0.25, 0.3) is 0 Å². The maximum atomic E-state index is 5.63. The summed E-state index contributed by atoms with van der Waals surface area (Å²) in [6.45, 7) is 6.46. The van der Waals surface area contributed by atoms with Crippen molar-refractivity contribution in [2.75, 3.05) is 30.8 Å². The van der Waals surface area contributed by atoms with E-state index in [9.17, 15) is 0 Å². The second kappa shape index (κ2) is 4.35. The van der Waals surface area contributed by atoms with Gasteiger partial charge in [0.2, 0.25) is 11.9 Å². The van der Waals surface area contributed by atoms with E-state index in [1.807, 2.05) is 0 Å². The van der Waals surface area contributed by atoms with Crippen LogP contribution in [0.3, 0.4) is 0 Å². The van der Waals surface area contributed by atoms with E-state index in [1.165, 1.54) is 7.11 Å². The molecule has 1 aliphatic rings. The summed E-state index contributed by atoms with van der Waals surface area (Å²) in [5.74, 6) is 0.821. The van der Waals surface area contributed by atoms with Crippen LogP contribution in [0.5, 0.6) is 6.01 Å². The minimum absolute atomic E-state index is 0.205. The highest BCUT2D eigenvalue weighted by Crippen LogP contribution is 2.31. The topological polar surface area (TPSA) is 77.2 Å². The summed E-state index contributed by atoms with van der Waals surface area (Å²) in [5.41, 5.74) is 6.03. The van der Waals surface area contributed by atoms with E-state index < -0.39 is 0 Å². The van der Waals surface area contributed by atoms with E-state index in [0.29, 0.717) is 11.4 Å². The average Bonchev–Trinajstić information content (AvgIpc) is 2.28. The zero-order valence-electron chi connectivity index (χ0n) is 10.6. The van der Waals surface area contributed by atoms with Crippen molar-refractivity contribution in [3.8, 4) is 6.01 Å². The number of nitrogen functional groups attached to an aromatic ring is 1. The Morgan fingerprint density at radius 2 is 1.82 bits per heavy atom. The first-order valence-electron chi connectivity index (χ1n) is 5.81. The molecule has 6 heteroatoms. The molecule has 17 heavy (non-hydrogen) atoms. The fraction of sp³-hybridized carbons (Fsp3) is 0.727. The van der Waals surface area contributed by atoms with E-state index in [-0.39, 0.29) is 12.0 Å². The summed E-state index contributed by atoms with van der Waals surface area (Å²) in [5, 5.41) is 0. The highest BCUT2D eigenvalue weighted by atomic mass is 16.5. The predicted molar refractivity (Wildman–Crippen MR) is 66.0 cm³/mol. The number of ether oxygens (including phenoxy) is 1. The van der Waals surface area contributed by atoms with Crippen LogP contribution in [0, 0.1) is 5.41 Å². The smallest absolute Gasteiger partial charge is 0.322 e. The number of piperidine rings is 1. The number of rotatable bonds is 2. The Morgan fingerprint density at radius 1 is 1.18 bits per heavy atom. The van der Waals surface area contributed by atoms with Gasteiger partial charge in [0.15, 0.2) is 0 Å². The molecule has 1 saturated heterocycles. The molecule has 1 aromatic heterocycles. The van der Waals surface area contributed by atoms with Crippen molar-refractivity contribution in [3.05, 3.63) is 0 Å². The molecular formula is C11H19N5O. The molecule has 2 rings (SSSR count). The molecule has 1 aliphatic heterocycles. The Labute approximate surface area is 101 Å². The van der Waals surface area contributed by atoms with Gasteiger partial charge in [0.1, 0.15) is 0 Å². The van der Waals surface area contributed by atoms with Crippen molar-refractivity contribution < 1.29 is 4.74 Å². The second-order valence-corrected chi connectivity index (χ2v) is 5.13. The Bertz CT molecular complexity index is 397. The van der Waals surface area contributed by atoms with Gasteiger partial charge in [-0.1, -0.05) is 13.8 Å². The van der Waals surface area contributed by atoms with Gasteiger partial charge in [0, 0.05) is 13.1 Å². The summed E-state index contributed by atoms with van der Waals surface area (Å²) in [7, 11) is 1.53. The highest BCUT2D eigenvalue weighted by molar-refractivity contribution is 5.36. The van der Waals surface area contributed by atoms with Crippen molar-refractivity contribution in [2.45, 2.75) is 26.7 Å². The van der Waals surface area contributed by atoms with Crippen LogP contribution in [0.15, 0.2) is 0 Å². The van der Waals surface area contributed by atoms with Crippen molar-refractivity contribution >= 4 is 11.9 Å². The molecular weight excluding hydrogens is 218 g/mol. The number of nitrogens with two attached hydrogens (primary N) is 1. The van der Waals surface area contributed by atoms with Gasteiger partial charge in [-0.2, -0.15) is 15.0 Å². The molecule has 0 aromatic carbocycles. The standard InChI is InChI=1S/C11H19N5O/c1-11(2)4-6-16(7-5-11)9-13-8(12)14-10(15-9)17-3/h4-7H2,1-3H3,(H2,12,13,14,15). The molecule has 0 radical (unpaired) electrons. The van der Waals surface area contributed by atoms with E-state index in [4.69, 9.17) is 10.5 Å². The first-order chi connectivity index (χ1) is 8.00. The van der Waals surface area contributed by atoms with Crippen molar-refractivity contribution in [1.29, 1.82) is 0 Å². The number of nitrogens with zero attached hydrogens (tertiary/aromatic N) is 4. The molecule has 6 nitrogen and oxygen atoms in total. The summed E-state index contributed by atoms with van der Waals surface area (Å²) in [6.07, 6.45) is 2.25. The van der Waals surface area contributed by atoms with E-state index in [0.717, 1.165) is 25.9 Å². The number of methoxy groups -OCH3 is 1. The lowest BCUT2D eigenvalue weighted by Gasteiger charge is -2.36. The predicted octanol–water partition coefficient (Wildman–Crippen LogP) is 1.09. The highest BCUT2D eigenvalue weighted by Gasteiger charge is 2.27. The molecule has 0 spiro atoms. The van der Waals surface area contributed by atoms with Crippen LogP contribution >= 0.6 is 0 Å². The molecule has 1 aromatic rings. The lowest BCUT2D eigenvalue weighted by molar-refractivity contribution is 0.277. The lowest BCUT2D eigenvalue weighted by Crippen LogP contribution is -2.38. The van der Waals surface area contributed by atoms with Crippen LogP contribution in [0.4, 0.5) is 11.9 Å². The molecule has 2 heterocycles. The Morgan fingerprint density at radius 3 is 2.41 bits per heavy atom. The molecule has 0 bridgehead atoms. The molecule has 0 aliphatic carbocycles. The molecule has 0 amide bonds. The van der Waals surface area contributed by atoms with Crippen molar-refractivity contribution in [3.63, 3.8) is 0 Å². The molecule has 0 unspecified atom stereocenters. The van der Waals surface area contributed by atoms with Crippen LogP contribution < -0.4 is 15.4 Å². The first kappa shape index (κ1) is 11.9. The SMILES string of the molecule is COc1nc(N)nc(N2CCC(C)(C)CC2)n1. The van der Waals surface area contributed by atoms with Gasteiger partial charge in [-0.25, -0.2) is 0 Å². The molecule has 0 saturated carbocycles. The summed E-state index contributed by atoms with van der Waals surface area (Å²) >= 11 is 0. The summed E-state index contributed by atoms with van der Waals surface area (Å²) in [6, 6.07) is 0.275. The third kappa shape index (κ3) is 2.75. The second-order valence-electron chi connectivity index (χ2n) is 5.13. The van der Waals surface area contributed by atoms with Gasteiger partial charge in [-0.15, -0.1) is 0 Å². The Hall–Kier alpha value is -1.59. The minimum atomic E-state index is 0.205. The minimum Gasteiger partial charge on any atom is -0.467 e. The van der Waals surface area contributed by atoms with Crippen molar-refractivity contribution in [1.82, 2.24) is 15.0 Å². The normalized spacial score (nSPS) is 19.1. The third-order valence-electron chi connectivity index (χ3n) is 3.20. The van der Waals surface area contributed by atoms with E-state index in [1.54, 1.807) is 0 Å². The number of hydrogen-bond donors (Lipinski definition) is 1. The Balaban J connectivity index is 2.15.